The largest absolute Gasteiger partial charge is 0.336 e. The third kappa shape index (κ3) is 3.31. The minimum atomic E-state index is -3.54. The molecule has 24 heavy (non-hydrogen) atoms. The number of carbonyl (C=O) groups is 1. The fourth-order valence-corrected chi connectivity index (χ4v) is 4.69. The van der Waals surface area contributed by atoms with Crippen LogP contribution in [0.4, 0.5) is 4.39 Å². The van der Waals surface area contributed by atoms with E-state index >= 15 is 0 Å². The van der Waals surface area contributed by atoms with Crippen LogP contribution in [0, 0.1) is 5.82 Å². The number of hydrogen-bond acceptors (Lipinski definition) is 4. The van der Waals surface area contributed by atoms with Gasteiger partial charge >= 0.3 is 0 Å². The summed E-state index contributed by atoms with van der Waals surface area (Å²) in [4.78, 5) is 18.0. The van der Waals surface area contributed by atoms with Gasteiger partial charge in [0.15, 0.2) is 9.84 Å². The molecule has 0 aliphatic carbocycles. The highest BCUT2D eigenvalue weighted by molar-refractivity contribution is 7.91. The zero-order valence-electron chi connectivity index (χ0n) is 12.9. The number of aromatic nitrogens is 1. The number of amides is 1. The number of pyridine rings is 1. The Morgan fingerprint density at radius 2 is 1.88 bits per heavy atom. The first-order chi connectivity index (χ1) is 11.5. The summed E-state index contributed by atoms with van der Waals surface area (Å²) in [6, 6.07) is 10.9. The zero-order chi connectivity index (χ0) is 17.2. The Hall–Kier alpha value is -2.28. The second-order valence-electron chi connectivity index (χ2n) is 5.67. The number of carbonyl (C=O) groups excluding carboxylic acids is 1. The lowest BCUT2D eigenvalue weighted by molar-refractivity contribution is 0.0760. The Bertz CT molecular complexity index is 840. The van der Waals surface area contributed by atoms with E-state index in [1.54, 1.807) is 24.3 Å². The van der Waals surface area contributed by atoms with Crippen molar-refractivity contribution in [3.8, 4) is 0 Å². The monoisotopic (exact) mass is 348 g/mol. The lowest BCUT2D eigenvalue weighted by atomic mass is 10.1. The average molecular weight is 348 g/mol. The molecule has 1 saturated heterocycles. The summed E-state index contributed by atoms with van der Waals surface area (Å²) in [6.07, 6.45) is 1.69. The topological polar surface area (TPSA) is 67.3 Å². The standard InChI is InChI=1S/C17H17FN2O3S/c18-14-6-2-1-5-13(14)16-8-10-20(11-12-24(16,22)23)17(21)15-7-3-4-9-19-15/h1-7,9,16H,8,10-12H2. The lowest BCUT2D eigenvalue weighted by Crippen LogP contribution is -2.34. The molecule has 1 aliphatic rings. The second-order valence-corrected chi connectivity index (χ2v) is 7.98. The van der Waals surface area contributed by atoms with Gasteiger partial charge < -0.3 is 4.90 Å². The maximum Gasteiger partial charge on any atom is 0.272 e. The molecular formula is C17H17FN2O3S. The molecule has 1 fully saturated rings. The third-order valence-corrected chi connectivity index (χ3v) is 6.27. The van der Waals surface area contributed by atoms with Crippen LogP contribution in [0.3, 0.4) is 0 Å². The van der Waals surface area contributed by atoms with E-state index in [0.717, 1.165) is 0 Å². The summed E-state index contributed by atoms with van der Waals surface area (Å²) in [5, 5.41) is -0.930. The van der Waals surface area contributed by atoms with E-state index in [1.807, 2.05) is 0 Å². The number of nitrogens with zero attached hydrogens (tertiary/aromatic N) is 2. The van der Waals surface area contributed by atoms with Crippen molar-refractivity contribution in [3.05, 3.63) is 65.7 Å². The van der Waals surface area contributed by atoms with E-state index in [1.165, 1.54) is 29.3 Å². The van der Waals surface area contributed by atoms with Crippen molar-refractivity contribution < 1.29 is 17.6 Å². The van der Waals surface area contributed by atoms with E-state index in [2.05, 4.69) is 4.98 Å². The quantitative estimate of drug-likeness (QED) is 0.835. The molecule has 1 amide bonds. The van der Waals surface area contributed by atoms with Crippen molar-refractivity contribution in [2.24, 2.45) is 0 Å². The number of rotatable bonds is 2. The lowest BCUT2D eigenvalue weighted by Gasteiger charge is -2.19. The molecular weight excluding hydrogens is 331 g/mol. The van der Waals surface area contributed by atoms with Crippen LogP contribution in [0.25, 0.3) is 0 Å². The van der Waals surface area contributed by atoms with E-state index in [4.69, 9.17) is 0 Å². The molecule has 5 nitrogen and oxygen atoms in total. The second kappa shape index (κ2) is 6.68. The summed E-state index contributed by atoms with van der Waals surface area (Å²) < 4.78 is 39.1. The predicted octanol–water partition coefficient (Wildman–Crippen LogP) is 2.22. The number of sulfone groups is 1. The maximum absolute atomic E-state index is 14.0. The van der Waals surface area contributed by atoms with Gasteiger partial charge in [-0.25, -0.2) is 12.8 Å². The summed E-state index contributed by atoms with van der Waals surface area (Å²) in [5.41, 5.74) is 0.448. The minimum Gasteiger partial charge on any atom is -0.336 e. The molecule has 0 bridgehead atoms. The molecule has 0 saturated carbocycles. The van der Waals surface area contributed by atoms with Crippen LogP contribution in [0.5, 0.6) is 0 Å². The summed E-state index contributed by atoms with van der Waals surface area (Å²) in [7, 11) is -3.54. The van der Waals surface area contributed by atoms with Crippen molar-refractivity contribution in [2.75, 3.05) is 18.8 Å². The van der Waals surface area contributed by atoms with Crippen LogP contribution in [-0.4, -0.2) is 43.1 Å². The molecule has 0 radical (unpaired) electrons. The molecule has 1 unspecified atom stereocenters. The van der Waals surface area contributed by atoms with Gasteiger partial charge in [0.1, 0.15) is 11.5 Å². The molecule has 0 N–H and O–H groups in total. The number of benzene rings is 1. The Labute approximate surface area is 140 Å². The van der Waals surface area contributed by atoms with Gasteiger partial charge in [0, 0.05) is 24.8 Å². The maximum atomic E-state index is 14.0. The van der Waals surface area contributed by atoms with Crippen molar-refractivity contribution in [3.63, 3.8) is 0 Å². The number of hydrogen-bond donors (Lipinski definition) is 0. The predicted molar refractivity (Wildman–Crippen MR) is 87.7 cm³/mol. The summed E-state index contributed by atoms with van der Waals surface area (Å²) in [6.45, 7) is 0.330. The Balaban J connectivity index is 1.85. The highest BCUT2D eigenvalue weighted by Gasteiger charge is 2.34. The molecule has 2 aromatic rings. The molecule has 1 aromatic heterocycles. The highest BCUT2D eigenvalue weighted by atomic mass is 32.2. The average Bonchev–Trinajstić information content (AvgIpc) is 2.74. The van der Waals surface area contributed by atoms with Crippen LogP contribution < -0.4 is 0 Å². The van der Waals surface area contributed by atoms with Crippen LogP contribution in [-0.2, 0) is 9.84 Å². The fraction of sp³-hybridized carbons (Fsp3) is 0.294. The van der Waals surface area contributed by atoms with Crippen LogP contribution in [0.2, 0.25) is 0 Å². The minimum absolute atomic E-state index is 0.0860. The smallest absolute Gasteiger partial charge is 0.272 e. The normalized spacial score (nSPS) is 20.4. The van der Waals surface area contributed by atoms with Gasteiger partial charge in [-0.15, -0.1) is 0 Å². The van der Waals surface area contributed by atoms with Gasteiger partial charge in [-0.1, -0.05) is 24.3 Å². The first kappa shape index (κ1) is 16.6. The first-order valence-electron chi connectivity index (χ1n) is 7.65. The molecule has 3 rings (SSSR count). The van der Waals surface area contributed by atoms with Crippen LogP contribution in [0.15, 0.2) is 48.7 Å². The van der Waals surface area contributed by atoms with Gasteiger partial charge in [0.2, 0.25) is 0 Å². The number of halogens is 1. The van der Waals surface area contributed by atoms with E-state index < -0.39 is 20.9 Å². The van der Waals surface area contributed by atoms with Crippen molar-refractivity contribution in [2.45, 2.75) is 11.7 Å². The van der Waals surface area contributed by atoms with Crippen molar-refractivity contribution in [1.29, 1.82) is 0 Å². The van der Waals surface area contributed by atoms with Gasteiger partial charge in [-0.2, -0.15) is 0 Å². The Morgan fingerprint density at radius 1 is 1.12 bits per heavy atom. The molecule has 126 valence electrons. The molecule has 1 aromatic carbocycles. The zero-order valence-corrected chi connectivity index (χ0v) is 13.7. The molecule has 1 aliphatic heterocycles. The van der Waals surface area contributed by atoms with E-state index in [-0.39, 0.29) is 42.4 Å². The molecule has 1 atom stereocenters. The fourth-order valence-electron chi connectivity index (χ4n) is 2.88. The van der Waals surface area contributed by atoms with Gasteiger partial charge in [-0.05, 0) is 24.6 Å². The summed E-state index contributed by atoms with van der Waals surface area (Å²) in [5.74, 6) is -1.03. The molecule has 2 heterocycles. The Kier molecular flexibility index (Phi) is 4.62. The SMILES string of the molecule is O=C(c1ccccn1)N1CCC(c2ccccc2F)S(=O)(=O)CC1. The van der Waals surface area contributed by atoms with E-state index in [9.17, 15) is 17.6 Å². The first-order valence-corrected chi connectivity index (χ1v) is 9.37. The summed E-state index contributed by atoms with van der Waals surface area (Å²) >= 11 is 0. The van der Waals surface area contributed by atoms with Gasteiger partial charge in [0.25, 0.3) is 5.91 Å². The van der Waals surface area contributed by atoms with Crippen molar-refractivity contribution in [1.82, 2.24) is 9.88 Å². The van der Waals surface area contributed by atoms with Crippen molar-refractivity contribution >= 4 is 15.7 Å². The van der Waals surface area contributed by atoms with E-state index in [0.29, 0.717) is 0 Å². The Morgan fingerprint density at radius 3 is 2.58 bits per heavy atom. The van der Waals surface area contributed by atoms with Crippen LogP contribution >= 0.6 is 0 Å². The molecule has 7 heteroatoms. The molecule has 0 spiro atoms. The van der Waals surface area contributed by atoms with Crippen LogP contribution in [0.1, 0.15) is 27.7 Å². The third-order valence-electron chi connectivity index (χ3n) is 4.16. The highest BCUT2D eigenvalue weighted by Crippen LogP contribution is 2.31. The van der Waals surface area contributed by atoms with Gasteiger partial charge in [0.05, 0.1) is 11.0 Å². The van der Waals surface area contributed by atoms with Gasteiger partial charge in [-0.3, -0.25) is 9.78 Å².